The number of benzene rings is 1. The summed E-state index contributed by atoms with van der Waals surface area (Å²) in [5.41, 5.74) is -0.00717. The van der Waals surface area contributed by atoms with Crippen LogP contribution in [0.1, 0.15) is 33.3 Å². The highest BCUT2D eigenvalue weighted by Gasteiger charge is 2.51. The van der Waals surface area contributed by atoms with Crippen LogP contribution in [0.3, 0.4) is 0 Å². The summed E-state index contributed by atoms with van der Waals surface area (Å²) >= 11 is 0. The molecule has 1 aromatic carbocycles. The summed E-state index contributed by atoms with van der Waals surface area (Å²) in [7, 11) is -0.548. The highest BCUT2D eigenvalue weighted by molar-refractivity contribution is 6.62. The topological polar surface area (TPSA) is 31.4 Å². The Kier molecular flexibility index (Phi) is 4.20. The normalized spacial score (nSPS) is 19.2. The summed E-state index contributed by atoms with van der Waals surface area (Å²) in [6.45, 7) is 7.82. The molecule has 0 N–H and O–H groups in total. The fourth-order valence-electron chi connectivity index (χ4n) is 2.55. The van der Waals surface area contributed by atoms with Crippen LogP contribution in [0.25, 0.3) is 11.3 Å². The van der Waals surface area contributed by atoms with Crippen molar-refractivity contribution in [2.45, 2.75) is 45.1 Å². The second kappa shape index (κ2) is 5.85. The lowest BCUT2D eigenvalue weighted by molar-refractivity contribution is -0.137. The maximum absolute atomic E-state index is 12.8. The quantitative estimate of drug-likeness (QED) is 0.766. The standard InChI is InChI=1S/C18H19BF3NO2/c1-16(2)17(3,4)25-19(24-16)14-8-9-15(23-11-14)12-6-5-7-13(10-12)18(20,21)22/h5-11H,1-4H3. The number of alkyl halides is 3. The second-order valence-corrected chi connectivity index (χ2v) is 7.14. The zero-order chi connectivity index (χ0) is 18.5. The van der Waals surface area contributed by atoms with Crippen LogP contribution in [0.15, 0.2) is 42.6 Å². The van der Waals surface area contributed by atoms with Gasteiger partial charge in [0.2, 0.25) is 0 Å². The Bertz CT molecular complexity index is 757. The van der Waals surface area contributed by atoms with Crippen molar-refractivity contribution in [2.75, 3.05) is 0 Å². The van der Waals surface area contributed by atoms with Crippen LogP contribution in [0, 0.1) is 0 Å². The minimum absolute atomic E-state index is 0.412. The van der Waals surface area contributed by atoms with Gasteiger partial charge in [0.05, 0.1) is 22.5 Å². The first-order valence-electron chi connectivity index (χ1n) is 7.99. The molecule has 1 aliphatic rings. The van der Waals surface area contributed by atoms with Crippen molar-refractivity contribution in [1.82, 2.24) is 4.98 Å². The van der Waals surface area contributed by atoms with Crippen LogP contribution in [0.2, 0.25) is 0 Å². The van der Waals surface area contributed by atoms with Crippen LogP contribution < -0.4 is 5.46 Å². The summed E-state index contributed by atoms with van der Waals surface area (Å²) in [5.74, 6) is 0. The molecule has 1 aromatic heterocycles. The van der Waals surface area contributed by atoms with E-state index < -0.39 is 30.1 Å². The number of hydrogen-bond acceptors (Lipinski definition) is 3. The zero-order valence-electron chi connectivity index (χ0n) is 14.5. The number of rotatable bonds is 2. The van der Waals surface area contributed by atoms with Gasteiger partial charge < -0.3 is 9.31 Å². The van der Waals surface area contributed by atoms with Gasteiger partial charge in [0.15, 0.2) is 0 Å². The smallest absolute Gasteiger partial charge is 0.399 e. The van der Waals surface area contributed by atoms with Crippen LogP contribution >= 0.6 is 0 Å². The number of nitrogens with zero attached hydrogens (tertiary/aromatic N) is 1. The largest absolute Gasteiger partial charge is 0.496 e. The van der Waals surface area contributed by atoms with Gasteiger partial charge in [-0.15, -0.1) is 0 Å². The molecule has 25 heavy (non-hydrogen) atoms. The average molecular weight is 349 g/mol. The van der Waals surface area contributed by atoms with Crippen molar-refractivity contribution in [3.63, 3.8) is 0 Å². The first-order chi connectivity index (χ1) is 11.5. The lowest BCUT2D eigenvalue weighted by Crippen LogP contribution is -2.41. The average Bonchev–Trinajstić information content (AvgIpc) is 2.75. The molecule has 2 heterocycles. The molecular formula is C18H19BF3NO2. The van der Waals surface area contributed by atoms with E-state index >= 15 is 0 Å². The van der Waals surface area contributed by atoms with Crippen LogP contribution in [0.5, 0.6) is 0 Å². The molecule has 0 saturated carbocycles. The molecule has 2 aromatic rings. The van der Waals surface area contributed by atoms with Crippen molar-refractivity contribution in [3.8, 4) is 11.3 Å². The van der Waals surface area contributed by atoms with E-state index in [1.165, 1.54) is 6.07 Å². The monoisotopic (exact) mass is 349 g/mol. The van der Waals surface area contributed by atoms with Gasteiger partial charge in [-0.05, 0) is 45.9 Å². The molecule has 1 saturated heterocycles. The molecule has 0 bridgehead atoms. The molecule has 0 aliphatic carbocycles. The number of pyridine rings is 1. The third kappa shape index (κ3) is 3.44. The Morgan fingerprint density at radius 1 is 0.960 bits per heavy atom. The van der Waals surface area contributed by atoms with Gasteiger partial charge in [-0.3, -0.25) is 4.98 Å². The molecule has 1 fully saturated rings. The van der Waals surface area contributed by atoms with E-state index in [4.69, 9.17) is 9.31 Å². The maximum atomic E-state index is 12.8. The molecule has 1 aliphatic heterocycles. The zero-order valence-corrected chi connectivity index (χ0v) is 14.5. The van der Waals surface area contributed by atoms with E-state index in [0.29, 0.717) is 11.3 Å². The molecule has 0 unspecified atom stereocenters. The predicted octanol–water partition coefficient (Wildman–Crippen LogP) is 4.07. The fraction of sp³-hybridized carbons (Fsp3) is 0.389. The second-order valence-electron chi connectivity index (χ2n) is 7.14. The first-order valence-corrected chi connectivity index (χ1v) is 7.99. The molecular weight excluding hydrogens is 330 g/mol. The van der Waals surface area contributed by atoms with Crippen molar-refractivity contribution >= 4 is 12.6 Å². The first kappa shape index (κ1) is 18.0. The van der Waals surface area contributed by atoms with Crippen LogP contribution in [-0.2, 0) is 15.5 Å². The fourth-order valence-corrected chi connectivity index (χ4v) is 2.55. The van der Waals surface area contributed by atoms with Gasteiger partial charge in [0.25, 0.3) is 0 Å². The Labute approximate surface area is 145 Å². The van der Waals surface area contributed by atoms with Gasteiger partial charge >= 0.3 is 13.3 Å². The van der Waals surface area contributed by atoms with E-state index in [9.17, 15) is 13.2 Å². The SMILES string of the molecule is CC1(C)OB(c2ccc(-c3cccc(C(F)(F)F)c3)nc2)OC1(C)C. The highest BCUT2D eigenvalue weighted by atomic mass is 19.4. The lowest BCUT2D eigenvalue weighted by Gasteiger charge is -2.32. The molecule has 7 heteroatoms. The third-order valence-corrected chi connectivity index (χ3v) is 4.80. The Balaban J connectivity index is 1.85. The molecule has 0 atom stereocenters. The van der Waals surface area contributed by atoms with Gasteiger partial charge in [0, 0.05) is 17.2 Å². The van der Waals surface area contributed by atoms with Gasteiger partial charge in [-0.1, -0.05) is 18.2 Å². The molecule has 0 spiro atoms. The van der Waals surface area contributed by atoms with Gasteiger partial charge in [-0.25, -0.2) is 0 Å². The van der Waals surface area contributed by atoms with Crippen LogP contribution in [-0.4, -0.2) is 23.3 Å². The van der Waals surface area contributed by atoms with Gasteiger partial charge in [0.1, 0.15) is 0 Å². The minimum Gasteiger partial charge on any atom is -0.399 e. The Hall–Kier alpha value is -1.86. The maximum Gasteiger partial charge on any atom is 0.496 e. The van der Waals surface area contributed by atoms with E-state index in [1.807, 2.05) is 27.7 Å². The summed E-state index contributed by atoms with van der Waals surface area (Å²) < 4.78 is 50.4. The Morgan fingerprint density at radius 2 is 1.60 bits per heavy atom. The van der Waals surface area contributed by atoms with Crippen molar-refractivity contribution in [2.24, 2.45) is 0 Å². The van der Waals surface area contributed by atoms with Crippen molar-refractivity contribution in [1.29, 1.82) is 0 Å². The van der Waals surface area contributed by atoms with E-state index in [-0.39, 0.29) is 0 Å². The van der Waals surface area contributed by atoms with Crippen LogP contribution in [0.4, 0.5) is 13.2 Å². The summed E-state index contributed by atoms with van der Waals surface area (Å²) in [4.78, 5) is 4.28. The Morgan fingerprint density at radius 3 is 2.12 bits per heavy atom. The molecule has 0 amide bonds. The van der Waals surface area contributed by atoms with E-state index in [2.05, 4.69) is 4.98 Å². The van der Waals surface area contributed by atoms with Crippen molar-refractivity contribution in [3.05, 3.63) is 48.2 Å². The number of hydrogen-bond donors (Lipinski definition) is 0. The molecule has 3 rings (SSSR count). The van der Waals surface area contributed by atoms with Crippen molar-refractivity contribution < 1.29 is 22.5 Å². The number of aromatic nitrogens is 1. The van der Waals surface area contributed by atoms with Gasteiger partial charge in [-0.2, -0.15) is 13.2 Å². The van der Waals surface area contributed by atoms with E-state index in [1.54, 1.807) is 24.4 Å². The third-order valence-electron chi connectivity index (χ3n) is 4.80. The minimum atomic E-state index is -4.38. The summed E-state index contributed by atoms with van der Waals surface area (Å²) in [5, 5.41) is 0. The van der Waals surface area contributed by atoms with E-state index in [0.717, 1.165) is 17.6 Å². The summed E-state index contributed by atoms with van der Waals surface area (Å²) in [6.07, 6.45) is -2.80. The predicted molar refractivity (Wildman–Crippen MR) is 90.4 cm³/mol. The number of halogens is 3. The molecule has 132 valence electrons. The highest BCUT2D eigenvalue weighted by Crippen LogP contribution is 2.36. The lowest BCUT2D eigenvalue weighted by atomic mass is 9.80. The molecule has 0 radical (unpaired) electrons. The molecule has 3 nitrogen and oxygen atoms in total. The summed E-state index contributed by atoms with van der Waals surface area (Å²) in [6, 6.07) is 8.56.